The van der Waals surface area contributed by atoms with Gasteiger partial charge in [0.05, 0.1) is 0 Å². The van der Waals surface area contributed by atoms with Crippen LogP contribution in [0.4, 0.5) is 0 Å². The molecule has 0 heterocycles. The number of benzene rings is 2. The van der Waals surface area contributed by atoms with Crippen LogP contribution in [-0.4, -0.2) is 11.9 Å². The highest BCUT2D eigenvalue weighted by atomic mass is 79.9. The van der Waals surface area contributed by atoms with Crippen LogP contribution in [0.1, 0.15) is 24.5 Å². The molecule has 2 rings (SSSR count). The van der Waals surface area contributed by atoms with Gasteiger partial charge < -0.3 is 5.32 Å². The Morgan fingerprint density at radius 2 is 1.82 bits per heavy atom. The van der Waals surface area contributed by atoms with Gasteiger partial charge in [0.15, 0.2) is 0 Å². The Kier molecular flexibility index (Phi) is 6.41. The number of nitrogens with one attached hydrogen (secondary N) is 1. The molecular weight excluding hydrogens is 338 g/mol. The summed E-state index contributed by atoms with van der Waals surface area (Å²) in [7, 11) is 0. The minimum Gasteiger partial charge on any atom is -0.350 e. The molecule has 0 aliphatic rings. The van der Waals surface area contributed by atoms with Crippen molar-refractivity contribution in [2.45, 2.75) is 25.8 Å². The summed E-state index contributed by atoms with van der Waals surface area (Å²) >= 11 is 3.39. The van der Waals surface area contributed by atoms with Crippen molar-refractivity contribution in [1.29, 1.82) is 0 Å². The number of carbonyl (C=O) groups excluding carboxylic acids is 1. The maximum absolute atomic E-state index is 11.9. The average Bonchev–Trinajstić information content (AvgIpc) is 2.53. The summed E-state index contributed by atoms with van der Waals surface area (Å²) in [6.45, 7) is 2.04. The minimum atomic E-state index is -0.0523. The molecule has 0 bridgehead atoms. The standard InChI is InChI=1S/C19H20BrNO/c1-15(7-8-16-5-3-2-4-6-16)21-19(22)14-11-17-9-12-18(20)13-10-17/h2-6,9-15H,7-8H2,1H3,(H,21,22)/b14-11+/t15-/m1/s1. The van der Waals surface area contributed by atoms with Crippen molar-refractivity contribution in [3.05, 3.63) is 76.3 Å². The van der Waals surface area contributed by atoms with E-state index >= 15 is 0 Å². The first-order valence-corrected chi connectivity index (χ1v) is 8.21. The molecule has 0 saturated heterocycles. The lowest BCUT2D eigenvalue weighted by Crippen LogP contribution is -2.31. The Hall–Kier alpha value is -1.87. The van der Waals surface area contributed by atoms with Gasteiger partial charge in [-0.3, -0.25) is 4.79 Å². The van der Waals surface area contributed by atoms with Crippen LogP contribution in [0, 0.1) is 0 Å². The van der Waals surface area contributed by atoms with Gasteiger partial charge in [0.2, 0.25) is 5.91 Å². The molecule has 0 aromatic heterocycles. The molecule has 0 aliphatic carbocycles. The highest BCUT2D eigenvalue weighted by Crippen LogP contribution is 2.11. The number of rotatable bonds is 6. The van der Waals surface area contributed by atoms with E-state index in [1.54, 1.807) is 6.08 Å². The fourth-order valence-corrected chi connectivity index (χ4v) is 2.40. The summed E-state index contributed by atoms with van der Waals surface area (Å²) in [4.78, 5) is 11.9. The van der Waals surface area contributed by atoms with Crippen LogP contribution < -0.4 is 5.32 Å². The van der Waals surface area contributed by atoms with Crippen molar-refractivity contribution in [2.75, 3.05) is 0 Å². The number of aryl methyl sites for hydroxylation is 1. The predicted molar refractivity (Wildman–Crippen MR) is 95.5 cm³/mol. The lowest BCUT2D eigenvalue weighted by molar-refractivity contribution is -0.117. The molecule has 2 aromatic rings. The molecule has 22 heavy (non-hydrogen) atoms. The van der Waals surface area contributed by atoms with Crippen LogP contribution in [0.2, 0.25) is 0 Å². The second-order valence-corrected chi connectivity index (χ2v) is 6.23. The summed E-state index contributed by atoms with van der Waals surface area (Å²) in [6, 6.07) is 18.3. The van der Waals surface area contributed by atoms with Gasteiger partial charge in [0, 0.05) is 16.6 Å². The molecule has 0 fully saturated rings. The van der Waals surface area contributed by atoms with Gasteiger partial charge >= 0.3 is 0 Å². The number of amides is 1. The third kappa shape index (κ3) is 5.86. The van der Waals surface area contributed by atoms with Crippen LogP contribution in [0.3, 0.4) is 0 Å². The van der Waals surface area contributed by atoms with Crippen molar-refractivity contribution in [3.63, 3.8) is 0 Å². The topological polar surface area (TPSA) is 29.1 Å². The van der Waals surface area contributed by atoms with Crippen molar-refractivity contribution in [2.24, 2.45) is 0 Å². The van der Waals surface area contributed by atoms with Crippen molar-refractivity contribution < 1.29 is 4.79 Å². The molecule has 0 spiro atoms. The van der Waals surface area contributed by atoms with Crippen LogP contribution in [0.5, 0.6) is 0 Å². The van der Waals surface area contributed by atoms with Crippen LogP contribution in [0.15, 0.2) is 65.1 Å². The first-order valence-electron chi connectivity index (χ1n) is 7.41. The smallest absolute Gasteiger partial charge is 0.244 e. The molecule has 1 N–H and O–H groups in total. The first kappa shape index (κ1) is 16.5. The fraction of sp³-hybridized carbons (Fsp3) is 0.211. The highest BCUT2D eigenvalue weighted by Gasteiger charge is 2.05. The van der Waals surface area contributed by atoms with Crippen molar-refractivity contribution in [1.82, 2.24) is 5.32 Å². The molecule has 0 unspecified atom stereocenters. The maximum Gasteiger partial charge on any atom is 0.244 e. The number of hydrogen-bond acceptors (Lipinski definition) is 1. The average molecular weight is 358 g/mol. The van der Waals surface area contributed by atoms with Gasteiger partial charge in [0.1, 0.15) is 0 Å². The molecular formula is C19H20BrNO. The third-order valence-corrected chi connectivity index (χ3v) is 3.92. The van der Waals surface area contributed by atoms with Gasteiger partial charge in [-0.05, 0) is 49.1 Å². The van der Waals surface area contributed by atoms with E-state index in [2.05, 4.69) is 33.4 Å². The molecule has 1 atom stereocenters. The van der Waals surface area contributed by atoms with E-state index in [4.69, 9.17) is 0 Å². The summed E-state index contributed by atoms with van der Waals surface area (Å²) in [5.41, 5.74) is 2.31. The number of hydrogen-bond donors (Lipinski definition) is 1. The first-order chi connectivity index (χ1) is 10.6. The fourth-order valence-electron chi connectivity index (χ4n) is 2.14. The summed E-state index contributed by atoms with van der Waals surface area (Å²) in [5, 5.41) is 3.00. The van der Waals surface area contributed by atoms with Gasteiger partial charge in [-0.2, -0.15) is 0 Å². The van der Waals surface area contributed by atoms with E-state index in [0.29, 0.717) is 0 Å². The number of carbonyl (C=O) groups is 1. The molecule has 2 aromatic carbocycles. The largest absolute Gasteiger partial charge is 0.350 e. The summed E-state index contributed by atoms with van der Waals surface area (Å²) in [6.07, 6.45) is 5.31. The molecule has 114 valence electrons. The van der Waals surface area contributed by atoms with E-state index in [1.165, 1.54) is 5.56 Å². The zero-order chi connectivity index (χ0) is 15.8. The summed E-state index contributed by atoms with van der Waals surface area (Å²) in [5.74, 6) is -0.0523. The lowest BCUT2D eigenvalue weighted by Gasteiger charge is -2.12. The molecule has 0 aliphatic heterocycles. The Bertz CT molecular complexity index is 620. The van der Waals surface area contributed by atoms with Gasteiger partial charge in [0.25, 0.3) is 0 Å². The number of halogens is 1. The third-order valence-electron chi connectivity index (χ3n) is 3.39. The Balaban J connectivity index is 1.77. The van der Waals surface area contributed by atoms with E-state index in [9.17, 15) is 4.79 Å². The molecule has 1 amide bonds. The SMILES string of the molecule is C[C@H](CCc1ccccc1)NC(=O)/C=C/c1ccc(Br)cc1. The second-order valence-electron chi connectivity index (χ2n) is 5.32. The zero-order valence-corrected chi connectivity index (χ0v) is 14.2. The van der Waals surface area contributed by atoms with Crippen molar-refractivity contribution >= 4 is 27.9 Å². The van der Waals surface area contributed by atoms with Crippen molar-refractivity contribution in [3.8, 4) is 0 Å². The van der Waals surface area contributed by atoms with Gasteiger partial charge in [-0.15, -0.1) is 0 Å². The summed E-state index contributed by atoms with van der Waals surface area (Å²) < 4.78 is 1.03. The monoisotopic (exact) mass is 357 g/mol. The quantitative estimate of drug-likeness (QED) is 0.752. The van der Waals surface area contributed by atoms with Crippen LogP contribution >= 0.6 is 15.9 Å². The normalized spacial score (nSPS) is 12.3. The second kappa shape index (κ2) is 8.54. The zero-order valence-electron chi connectivity index (χ0n) is 12.6. The Morgan fingerprint density at radius 1 is 1.14 bits per heavy atom. The van der Waals surface area contributed by atoms with Crippen LogP contribution in [-0.2, 0) is 11.2 Å². The van der Waals surface area contributed by atoms with Crippen LogP contribution in [0.25, 0.3) is 6.08 Å². The lowest BCUT2D eigenvalue weighted by atomic mass is 10.1. The molecule has 0 saturated carbocycles. The van der Waals surface area contributed by atoms with E-state index in [0.717, 1.165) is 22.9 Å². The van der Waals surface area contributed by atoms with E-state index in [1.807, 2.05) is 55.5 Å². The predicted octanol–water partition coefficient (Wildman–Crippen LogP) is 4.60. The van der Waals surface area contributed by atoms with E-state index in [-0.39, 0.29) is 11.9 Å². The molecule has 0 radical (unpaired) electrons. The molecule has 3 heteroatoms. The minimum absolute atomic E-state index is 0.0523. The Labute approximate surface area is 140 Å². The van der Waals surface area contributed by atoms with E-state index < -0.39 is 0 Å². The highest BCUT2D eigenvalue weighted by molar-refractivity contribution is 9.10. The van der Waals surface area contributed by atoms with Gasteiger partial charge in [-0.1, -0.05) is 58.4 Å². The maximum atomic E-state index is 11.9. The Morgan fingerprint density at radius 3 is 2.50 bits per heavy atom. The van der Waals surface area contributed by atoms with Gasteiger partial charge in [-0.25, -0.2) is 0 Å². The molecule has 2 nitrogen and oxygen atoms in total.